The zero-order valence-corrected chi connectivity index (χ0v) is 7.25. The third-order valence-electron chi connectivity index (χ3n) is 1.02. The van der Waals surface area contributed by atoms with Gasteiger partial charge in [0, 0.05) is 6.42 Å². The van der Waals surface area contributed by atoms with Gasteiger partial charge in [-0.05, 0) is 0 Å². The lowest BCUT2D eigenvalue weighted by Crippen LogP contribution is -2.24. The molecule has 0 spiro atoms. The number of amides is 1. The minimum Gasteiger partial charge on any atom is -0.345 e. The Labute approximate surface area is 70.3 Å². The Hall–Kier alpha value is -0.820. The lowest BCUT2D eigenvalue weighted by molar-refractivity contribution is -0.120. The predicted octanol–water partition coefficient (Wildman–Crippen LogP) is -0.696. The molecule has 68 valence electrons. The molecule has 5 nitrogen and oxygen atoms in total. The number of hydrogen-bond acceptors (Lipinski definition) is 2. The quantitative estimate of drug-likeness (QED) is 0.405. The molecule has 0 aliphatic carbocycles. The molecule has 0 rings (SSSR count). The summed E-state index contributed by atoms with van der Waals surface area (Å²) in [5.74, 6) is 1.72. The molecule has 0 aliphatic rings. The van der Waals surface area contributed by atoms with Crippen molar-refractivity contribution in [3.05, 3.63) is 0 Å². The molecule has 0 radical (unpaired) electrons. The fourth-order valence-electron chi connectivity index (χ4n) is 0.485. The van der Waals surface area contributed by atoms with E-state index in [9.17, 15) is 9.36 Å². The van der Waals surface area contributed by atoms with E-state index in [1.165, 1.54) is 0 Å². The summed E-state index contributed by atoms with van der Waals surface area (Å²) in [4.78, 5) is 27.5. The molecule has 0 unspecified atom stereocenters. The number of carbonyl (C=O) groups excluding carboxylic acids is 1. The van der Waals surface area contributed by atoms with Crippen LogP contribution in [0.2, 0.25) is 0 Å². The monoisotopic (exact) mass is 191 g/mol. The summed E-state index contributed by atoms with van der Waals surface area (Å²) in [5, 5.41) is 2.29. The molecule has 0 atom stereocenters. The van der Waals surface area contributed by atoms with E-state index in [-0.39, 0.29) is 13.0 Å². The van der Waals surface area contributed by atoms with Crippen molar-refractivity contribution in [3.8, 4) is 12.3 Å². The fraction of sp³-hybridized carbons (Fsp3) is 0.500. The van der Waals surface area contributed by atoms with Crippen molar-refractivity contribution in [2.45, 2.75) is 6.42 Å². The maximum absolute atomic E-state index is 10.7. The second kappa shape index (κ2) is 4.94. The molecule has 0 aliphatic heterocycles. The van der Waals surface area contributed by atoms with Gasteiger partial charge in [0.1, 0.15) is 0 Å². The second-order valence-corrected chi connectivity index (χ2v) is 3.90. The van der Waals surface area contributed by atoms with Gasteiger partial charge < -0.3 is 15.1 Å². The van der Waals surface area contributed by atoms with Crippen LogP contribution in [-0.4, -0.2) is 28.4 Å². The summed E-state index contributed by atoms with van der Waals surface area (Å²) in [6, 6.07) is 0. The molecule has 0 saturated carbocycles. The highest BCUT2D eigenvalue weighted by Gasteiger charge is 2.14. The summed E-state index contributed by atoms with van der Waals surface area (Å²) in [7, 11) is -4.06. The lowest BCUT2D eigenvalue weighted by Gasteiger charge is -2.02. The van der Waals surface area contributed by atoms with Crippen LogP contribution >= 0.6 is 7.60 Å². The summed E-state index contributed by atoms with van der Waals surface area (Å²) >= 11 is 0. The Kier molecular flexibility index (Phi) is 4.60. The van der Waals surface area contributed by atoms with Gasteiger partial charge in [-0.15, -0.1) is 6.42 Å². The van der Waals surface area contributed by atoms with Gasteiger partial charge in [0.05, 0.1) is 12.7 Å². The van der Waals surface area contributed by atoms with Crippen LogP contribution in [0.25, 0.3) is 0 Å². The lowest BCUT2D eigenvalue weighted by atomic mass is 10.4. The summed E-state index contributed by atoms with van der Waals surface area (Å²) in [6.07, 6.45) is 4.20. The Bertz CT molecular complexity index is 238. The van der Waals surface area contributed by atoms with Crippen LogP contribution in [0, 0.1) is 12.3 Å². The van der Waals surface area contributed by atoms with Gasteiger partial charge in [0.15, 0.2) is 0 Å². The van der Waals surface area contributed by atoms with Gasteiger partial charge in [-0.3, -0.25) is 9.36 Å². The highest BCUT2D eigenvalue weighted by atomic mass is 31.2. The molecule has 0 bridgehead atoms. The van der Waals surface area contributed by atoms with Gasteiger partial charge in [-0.25, -0.2) is 0 Å². The van der Waals surface area contributed by atoms with Crippen LogP contribution in [0.5, 0.6) is 0 Å². The number of carbonyl (C=O) groups is 1. The van der Waals surface area contributed by atoms with Crippen LogP contribution in [0.15, 0.2) is 0 Å². The molecule has 0 heterocycles. The van der Waals surface area contributed by atoms with E-state index < -0.39 is 19.7 Å². The number of rotatable bonds is 4. The van der Waals surface area contributed by atoms with Gasteiger partial charge in [-0.1, -0.05) is 5.92 Å². The molecule has 3 N–H and O–H groups in total. The number of nitrogens with one attached hydrogen (secondary N) is 1. The largest absolute Gasteiger partial charge is 0.345 e. The zero-order valence-electron chi connectivity index (χ0n) is 6.36. The van der Waals surface area contributed by atoms with Gasteiger partial charge in [0.25, 0.3) is 0 Å². The van der Waals surface area contributed by atoms with Crippen LogP contribution in [0.3, 0.4) is 0 Å². The van der Waals surface area contributed by atoms with E-state index >= 15 is 0 Å². The van der Waals surface area contributed by atoms with Crippen LogP contribution in [0.1, 0.15) is 6.42 Å². The average Bonchev–Trinajstić information content (AvgIpc) is 1.95. The Morgan fingerprint density at radius 1 is 1.58 bits per heavy atom. The molecule has 0 aromatic heterocycles. The zero-order chi connectivity index (χ0) is 9.61. The highest BCUT2D eigenvalue weighted by Crippen LogP contribution is 2.34. The van der Waals surface area contributed by atoms with E-state index in [0.717, 1.165) is 0 Å². The van der Waals surface area contributed by atoms with Crippen LogP contribution in [0.4, 0.5) is 0 Å². The predicted molar refractivity (Wildman–Crippen MR) is 43.4 cm³/mol. The van der Waals surface area contributed by atoms with Crippen molar-refractivity contribution < 1.29 is 19.1 Å². The molecular weight excluding hydrogens is 181 g/mol. The van der Waals surface area contributed by atoms with Crippen molar-refractivity contribution in [2.75, 3.05) is 12.7 Å². The summed E-state index contributed by atoms with van der Waals surface area (Å²) in [6.45, 7) is 0.0833. The average molecular weight is 191 g/mol. The first-order valence-corrected chi connectivity index (χ1v) is 5.00. The first-order chi connectivity index (χ1) is 5.45. The Morgan fingerprint density at radius 2 is 2.17 bits per heavy atom. The van der Waals surface area contributed by atoms with E-state index in [0.29, 0.717) is 0 Å². The van der Waals surface area contributed by atoms with Crippen LogP contribution in [-0.2, 0) is 9.36 Å². The maximum Gasteiger partial charge on any atom is 0.326 e. The molecule has 0 saturated heterocycles. The number of terminal acetylenes is 1. The van der Waals surface area contributed by atoms with Crippen molar-refractivity contribution >= 4 is 13.5 Å². The highest BCUT2D eigenvalue weighted by molar-refractivity contribution is 7.51. The van der Waals surface area contributed by atoms with E-state index in [4.69, 9.17) is 16.2 Å². The van der Waals surface area contributed by atoms with E-state index in [1.54, 1.807) is 0 Å². The van der Waals surface area contributed by atoms with Crippen LogP contribution < -0.4 is 5.32 Å². The molecule has 0 fully saturated rings. The normalized spacial score (nSPS) is 10.4. The van der Waals surface area contributed by atoms with E-state index in [1.807, 2.05) is 0 Å². The molecule has 0 aromatic rings. The van der Waals surface area contributed by atoms with Crippen molar-refractivity contribution in [1.29, 1.82) is 0 Å². The first-order valence-electron chi connectivity index (χ1n) is 3.20. The van der Waals surface area contributed by atoms with E-state index in [2.05, 4.69) is 11.2 Å². The third-order valence-corrected chi connectivity index (χ3v) is 1.82. The summed E-state index contributed by atoms with van der Waals surface area (Å²) in [5.41, 5.74) is 0. The molecule has 6 heteroatoms. The molecule has 1 amide bonds. The maximum atomic E-state index is 10.7. The SMILES string of the molecule is C#CCNC(=O)CCP(=O)(O)O. The molecule has 12 heavy (non-hydrogen) atoms. The summed E-state index contributed by atoms with van der Waals surface area (Å²) < 4.78 is 10.3. The molecular formula is C6H10NO4P. The second-order valence-electron chi connectivity index (χ2n) is 2.12. The minimum atomic E-state index is -4.06. The van der Waals surface area contributed by atoms with Crippen molar-refractivity contribution in [3.63, 3.8) is 0 Å². The minimum absolute atomic E-state index is 0.0833. The Balaban J connectivity index is 3.60. The first kappa shape index (κ1) is 11.2. The Morgan fingerprint density at radius 3 is 2.58 bits per heavy atom. The standard InChI is InChI=1S/C6H10NO4P/c1-2-4-7-6(8)3-5-12(9,10)11/h1H,3-5H2,(H,7,8)(H2,9,10,11). The molecule has 0 aromatic carbocycles. The van der Waals surface area contributed by atoms with Gasteiger partial charge >= 0.3 is 7.60 Å². The van der Waals surface area contributed by atoms with Gasteiger partial charge in [-0.2, -0.15) is 0 Å². The smallest absolute Gasteiger partial charge is 0.326 e. The third kappa shape index (κ3) is 7.29. The fourth-order valence-corrected chi connectivity index (χ4v) is 0.980. The number of hydrogen-bond donors (Lipinski definition) is 3. The van der Waals surface area contributed by atoms with Crippen molar-refractivity contribution in [2.24, 2.45) is 0 Å². The topological polar surface area (TPSA) is 86.6 Å². The van der Waals surface area contributed by atoms with Crippen molar-refractivity contribution in [1.82, 2.24) is 5.32 Å². The van der Waals surface area contributed by atoms with Gasteiger partial charge in [0.2, 0.25) is 5.91 Å².